The zero-order valence-corrected chi connectivity index (χ0v) is 18.0. The lowest BCUT2D eigenvalue weighted by Crippen LogP contribution is -2.54. The SMILES string of the molecule is CC(C)[Si](Oc1ccc(Br)cc1)(Oc1ccccc1Br)C(C)C. The average Bonchev–Trinajstić information content (AvgIpc) is 2.50. The summed E-state index contributed by atoms with van der Waals surface area (Å²) in [6.07, 6.45) is 0. The summed E-state index contributed by atoms with van der Waals surface area (Å²) < 4.78 is 15.1. The quantitative estimate of drug-likeness (QED) is 0.437. The van der Waals surface area contributed by atoms with Crippen molar-refractivity contribution in [3.63, 3.8) is 0 Å². The fraction of sp³-hybridized carbons (Fsp3) is 0.333. The Balaban J connectivity index is 2.39. The van der Waals surface area contributed by atoms with Gasteiger partial charge in [0.2, 0.25) is 0 Å². The molecule has 0 saturated carbocycles. The van der Waals surface area contributed by atoms with E-state index < -0.39 is 8.56 Å². The predicted octanol–water partition coefficient (Wildman–Crippen LogP) is 6.93. The summed E-state index contributed by atoms with van der Waals surface area (Å²) in [5, 5.41) is 0. The van der Waals surface area contributed by atoms with Gasteiger partial charge in [0.1, 0.15) is 11.5 Å². The van der Waals surface area contributed by atoms with Crippen molar-refractivity contribution in [2.75, 3.05) is 0 Å². The minimum absolute atomic E-state index is 0.304. The highest BCUT2D eigenvalue weighted by Crippen LogP contribution is 2.38. The van der Waals surface area contributed by atoms with E-state index in [1.165, 1.54) is 0 Å². The van der Waals surface area contributed by atoms with Crippen molar-refractivity contribution < 1.29 is 8.85 Å². The van der Waals surface area contributed by atoms with E-state index in [2.05, 4.69) is 59.6 Å². The van der Waals surface area contributed by atoms with Crippen LogP contribution in [0.4, 0.5) is 0 Å². The van der Waals surface area contributed by atoms with Gasteiger partial charge in [0.25, 0.3) is 0 Å². The molecule has 2 aromatic carbocycles. The molecule has 124 valence electrons. The van der Waals surface area contributed by atoms with Gasteiger partial charge in [0, 0.05) is 15.6 Å². The lowest BCUT2D eigenvalue weighted by atomic mass is 10.3. The third-order valence-corrected chi connectivity index (χ3v) is 9.30. The van der Waals surface area contributed by atoms with Crippen molar-refractivity contribution >= 4 is 40.4 Å². The third-order valence-electron chi connectivity index (χ3n) is 3.81. The van der Waals surface area contributed by atoms with E-state index >= 15 is 0 Å². The van der Waals surface area contributed by atoms with Crippen LogP contribution in [0.5, 0.6) is 11.5 Å². The molecule has 2 rings (SSSR count). The molecule has 23 heavy (non-hydrogen) atoms. The van der Waals surface area contributed by atoms with Gasteiger partial charge in [0.15, 0.2) is 0 Å². The van der Waals surface area contributed by atoms with Crippen molar-refractivity contribution in [1.29, 1.82) is 0 Å². The number of benzene rings is 2. The first kappa shape index (κ1) is 18.6. The van der Waals surface area contributed by atoms with Crippen molar-refractivity contribution in [2.45, 2.75) is 38.8 Å². The number of halogens is 2. The Morgan fingerprint density at radius 3 is 1.87 bits per heavy atom. The van der Waals surface area contributed by atoms with E-state index in [1.807, 2.05) is 48.5 Å². The minimum atomic E-state index is -2.53. The van der Waals surface area contributed by atoms with E-state index in [9.17, 15) is 0 Å². The molecule has 0 heterocycles. The van der Waals surface area contributed by atoms with Crippen LogP contribution < -0.4 is 8.85 Å². The second-order valence-electron chi connectivity index (χ2n) is 6.12. The molecule has 2 nitrogen and oxygen atoms in total. The molecule has 0 fully saturated rings. The standard InChI is InChI=1S/C18H22Br2O2Si/c1-13(2)23(14(3)4,21-16-11-9-15(19)10-12-16)22-18-8-6-5-7-17(18)20/h5-14H,1-4H3. The minimum Gasteiger partial charge on any atom is -0.512 e. The topological polar surface area (TPSA) is 18.5 Å². The van der Waals surface area contributed by atoms with Gasteiger partial charge in [-0.1, -0.05) is 55.8 Å². The molecule has 0 aliphatic rings. The molecule has 0 N–H and O–H groups in total. The molecule has 0 saturated heterocycles. The van der Waals surface area contributed by atoms with Crippen LogP contribution in [-0.2, 0) is 0 Å². The lowest BCUT2D eigenvalue weighted by molar-refractivity contribution is 0.349. The number of hydrogen-bond acceptors (Lipinski definition) is 2. The number of rotatable bonds is 6. The molecule has 0 aliphatic heterocycles. The number of para-hydroxylation sites is 1. The largest absolute Gasteiger partial charge is 0.512 e. The van der Waals surface area contributed by atoms with Gasteiger partial charge >= 0.3 is 8.56 Å². The summed E-state index contributed by atoms with van der Waals surface area (Å²) in [5.74, 6) is 1.70. The van der Waals surface area contributed by atoms with Gasteiger partial charge in [-0.2, -0.15) is 0 Å². The lowest BCUT2D eigenvalue weighted by Gasteiger charge is -2.37. The maximum Gasteiger partial charge on any atom is 0.465 e. The summed E-state index contributed by atoms with van der Waals surface area (Å²) in [6, 6.07) is 15.9. The monoisotopic (exact) mass is 456 g/mol. The van der Waals surface area contributed by atoms with Crippen LogP contribution in [0.2, 0.25) is 11.1 Å². The molecule has 0 radical (unpaired) electrons. The molecule has 0 aromatic heterocycles. The third kappa shape index (κ3) is 4.40. The Hall–Kier alpha value is -0.783. The number of hydrogen-bond donors (Lipinski definition) is 0. The van der Waals surface area contributed by atoms with Crippen molar-refractivity contribution in [3.8, 4) is 11.5 Å². The van der Waals surface area contributed by atoms with Crippen LogP contribution in [-0.4, -0.2) is 8.56 Å². The molecule has 0 amide bonds. The van der Waals surface area contributed by atoms with Crippen molar-refractivity contribution in [2.24, 2.45) is 0 Å². The first-order valence-electron chi connectivity index (χ1n) is 7.73. The van der Waals surface area contributed by atoms with Gasteiger partial charge in [-0.3, -0.25) is 0 Å². The molecular formula is C18H22Br2O2Si. The van der Waals surface area contributed by atoms with Gasteiger partial charge in [-0.15, -0.1) is 0 Å². The molecule has 5 heteroatoms. The Morgan fingerprint density at radius 1 is 0.783 bits per heavy atom. The molecule has 0 spiro atoms. The summed E-state index contributed by atoms with van der Waals surface area (Å²) >= 11 is 7.04. The average molecular weight is 458 g/mol. The molecule has 2 aromatic rings. The molecule has 0 atom stereocenters. The maximum atomic E-state index is 6.55. The van der Waals surface area contributed by atoms with Gasteiger partial charge in [0.05, 0.1) is 4.47 Å². The maximum absolute atomic E-state index is 6.55. The second kappa shape index (κ2) is 7.86. The predicted molar refractivity (Wildman–Crippen MR) is 105 cm³/mol. The summed E-state index contributed by atoms with van der Waals surface area (Å²) in [5.41, 5.74) is 0.608. The van der Waals surface area contributed by atoms with Gasteiger partial charge in [-0.25, -0.2) is 0 Å². The van der Waals surface area contributed by atoms with Crippen LogP contribution in [0.15, 0.2) is 57.5 Å². The first-order chi connectivity index (χ1) is 10.8. The Bertz CT molecular complexity index is 634. The van der Waals surface area contributed by atoms with Crippen LogP contribution >= 0.6 is 31.9 Å². The molecular weight excluding hydrogens is 436 g/mol. The smallest absolute Gasteiger partial charge is 0.465 e. The summed E-state index contributed by atoms with van der Waals surface area (Å²) in [4.78, 5) is 0. The van der Waals surface area contributed by atoms with Crippen LogP contribution in [0.25, 0.3) is 0 Å². The highest BCUT2D eigenvalue weighted by Gasteiger charge is 2.49. The van der Waals surface area contributed by atoms with Crippen molar-refractivity contribution in [1.82, 2.24) is 0 Å². The van der Waals surface area contributed by atoms with E-state index in [-0.39, 0.29) is 0 Å². The summed E-state index contributed by atoms with van der Waals surface area (Å²) in [7, 11) is -2.53. The van der Waals surface area contributed by atoms with E-state index in [4.69, 9.17) is 8.85 Å². The van der Waals surface area contributed by atoms with Crippen LogP contribution in [0, 0.1) is 0 Å². The van der Waals surface area contributed by atoms with Gasteiger partial charge < -0.3 is 8.85 Å². The Morgan fingerprint density at radius 2 is 1.35 bits per heavy atom. The summed E-state index contributed by atoms with van der Waals surface area (Å²) in [6.45, 7) is 8.73. The molecule has 0 aliphatic carbocycles. The van der Waals surface area contributed by atoms with Crippen LogP contribution in [0.3, 0.4) is 0 Å². The zero-order valence-electron chi connectivity index (χ0n) is 13.8. The van der Waals surface area contributed by atoms with E-state index in [0.29, 0.717) is 11.1 Å². The molecule has 0 bridgehead atoms. The van der Waals surface area contributed by atoms with Crippen molar-refractivity contribution in [3.05, 3.63) is 57.5 Å². The van der Waals surface area contributed by atoms with E-state index in [1.54, 1.807) is 0 Å². The molecule has 0 unspecified atom stereocenters. The fourth-order valence-electron chi connectivity index (χ4n) is 2.55. The zero-order chi connectivity index (χ0) is 17.0. The highest BCUT2D eigenvalue weighted by molar-refractivity contribution is 9.10. The van der Waals surface area contributed by atoms with Gasteiger partial charge in [-0.05, 0) is 52.3 Å². The highest BCUT2D eigenvalue weighted by atomic mass is 79.9. The Kier molecular flexibility index (Phi) is 6.34. The Labute approximate surface area is 156 Å². The second-order valence-corrected chi connectivity index (χ2v) is 12.0. The first-order valence-corrected chi connectivity index (χ1v) is 11.3. The normalized spacial score (nSPS) is 11.8. The fourth-order valence-corrected chi connectivity index (χ4v) is 6.67. The van der Waals surface area contributed by atoms with Crippen LogP contribution in [0.1, 0.15) is 27.7 Å². The van der Waals surface area contributed by atoms with E-state index in [0.717, 1.165) is 20.4 Å².